The van der Waals surface area contributed by atoms with Crippen molar-refractivity contribution in [3.8, 4) is 0 Å². The van der Waals surface area contributed by atoms with E-state index in [1.807, 2.05) is 0 Å². The topological polar surface area (TPSA) is 24.0 Å². The van der Waals surface area contributed by atoms with Crippen molar-refractivity contribution < 1.29 is 4.39 Å². The molecule has 0 saturated carbocycles. The molecule has 5 heteroatoms. The number of hydrogen-bond donors (Lipinski definition) is 1. The summed E-state index contributed by atoms with van der Waals surface area (Å²) in [7, 11) is 0. The number of likely N-dealkylation sites (tertiary alicyclic amines) is 1. The molecule has 0 radical (unpaired) electrons. The van der Waals surface area contributed by atoms with Crippen LogP contribution in [0.3, 0.4) is 0 Å². The van der Waals surface area contributed by atoms with Gasteiger partial charge in [0, 0.05) is 12.6 Å². The van der Waals surface area contributed by atoms with E-state index in [2.05, 4.69) is 21.4 Å². The summed E-state index contributed by atoms with van der Waals surface area (Å²) < 4.78 is 16.0. The average molecular weight is 279 g/mol. The van der Waals surface area contributed by atoms with Crippen molar-refractivity contribution in [2.24, 2.45) is 0 Å². The molecule has 1 N–H and O–H groups in total. The Morgan fingerprint density at radius 3 is 2.84 bits per heavy atom. The first-order chi connectivity index (χ1) is 9.15. The third-order valence-corrected chi connectivity index (χ3v) is 4.27. The van der Waals surface area contributed by atoms with E-state index < -0.39 is 0 Å². The second-order valence-electron chi connectivity index (χ2n) is 5.29. The van der Waals surface area contributed by atoms with Crippen molar-refractivity contribution in [3.63, 3.8) is 0 Å². The fourth-order valence-electron chi connectivity index (χ4n) is 2.88. The van der Waals surface area contributed by atoms with Crippen LogP contribution < -0.4 is 0 Å². The van der Waals surface area contributed by atoms with E-state index >= 15 is 0 Å². The van der Waals surface area contributed by atoms with Gasteiger partial charge in [-0.25, -0.2) is 4.39 Å². The number of fused-ring (bicyclic) bond motifs is 1. The number of aromatic nitrogens is 2. The van der Waals surface area contributed by atoms with E-state index in [1.54, 1.807) is 6.07 Å². The number of benzene rings is 1. The Kier molecular flexibility index (Phi) is 3.41. The van der Waals surface area contributed by atoms with E-state index in [-0.39, 0.29) is 5.82 Å². The van der Waals surface area contributed by atoms with E-state index in [1.165, 1.54) is 38.1 Å². The molecule has 2 aromatic rings. The van der Waals surface area contributed by atoms with Crippen molar-refractivity contribution >= 4 is 23.3 Å². The number of rotatable bonds is 3. The fourth-order valence-corrected chi connectivity index (χ4v) is 3.16. The molecular weight excluding hydrogens is 261 g/mol. The van der Waals surface area contributed by atoms with Crippen LogP contribution in [0, 0.1) is 10.6 Å². The van der Waals surface area contributed by atoms with Crippen LogP contribution in [0.25, 0.3) is 11.0 Å². The molecule has 1 aromatic carbocycles. The average Bonchev–Trinajstić information content (AvgIpc) is 2.98. The summed E-state index contributed by atoms with van der Waals surface area (Å²) in [6, 6.07) is 5.25. The maximum absolute atomic E-state index is 13.2. The number of nitrogens with one attached hydrogen (secondary N) is 1. The number of aromatic amines is 1. The molecule has 1 saturated heterocycles. The molecule has 1 aromatic heterocycles. The minimum Gasteiger partial charge on any atom is -0.330 e. The molecule has 102 valence electrons. The Morgan fingerprint density at radius 1 is 1.37 bits per heavy atom. The lowest BCUT2D eigenvalue weighted by Crippen LogP contribution is -2.33. The van der Waals surface area contributed by atoms with Crippen LogP contribution in [0.1, 0.15) is 19.8 Å². The second kappa shape index (κ2) is 5.06. The molecule has 0 aliphatic carbocycles. The van der Waals surface area contributed by atoms with Crippen LogP contribution in [0.5, 0.6) is 0 Å². The monoisotopic (exact) mass is 279 g/mol. The number of hydrogen-bond acceptors (Lipinski definition) is 2. The highest BCUT2D eigenvalue weighted by Crippen LogP contribution is 2.18. The minimum atomic E-state index is -0.233. The van der Waals surface area contributed by atoms with Crippen LogP contribution in [0.4, 0.5) is 4.39 Å². The Hall–Kier alpha value is -1.20. The molecule has 1 aliphatic rings. The zero-order valence-corrected chi connectivity index (χ0v) is 11.8. The molecule has 3 rings (SSSR count). The molecule has 1 atom stereocenters. The summed E-state index contributed by atoms with van der Waals surface area (Å²) >= 11 is 5.36. The first kappa shape index (κ1) is 12.8. The van der Waals surface area contributed by atoms with Gasteiger partial charge >= 0.3 is 0 Å². The van der Waals surface area contributed by atoms with Crippen LogP contribution in [0.2, 0.25) is 0 Å². The van der Waals surface area contributed by atoms with Crippen LogP contribution in [-0.4, -0.2) is 33.6 Å². The normalized spacial score (nSPS) is 18.2. The Bertz CT molecular complexity index is 640. The molecule has 3 nitrogen and oxygen atoms in total. The van der Waals surface area contributed by atoms with E-state index in [0.717, 1.165) is 17.6 Å². The van der Waals surface area contributed by atoms with Gasteiger partial charge in [0.1, 0.15) is 5.82 Å². The Balaban J connectivity index is 1.91. The molecule has 2 heterocycles. The maximum atomic E-state index is 13.2. The third-order valence-electron chi connectivity index (χ3n) is 3.95. The van der Waals surface area contributed by atoms with Gasteiger partial charge in [0.15, 0.2) is 4.77 Å². The van der Waals surface area contributed by atoms with Gasteiger partial charge in [-0.3, -0.25) is 4.90 Å². The van der Waals surface area contributed by atoms with Crippen molar-refractivity contribution in [1.82, 2.24) is 14.5 Å². The summed E-state index contributed by atoms with van der Waals surface area (Å²) in [6.45, 7) is 5.43. The van der Waals surface area contributed by atoms with Crippen molar-refractivity contribution in [2.45, 2.75) is 32.4 Å². The summed E-state index contributed by atoms with van der Waals surface area (Å²) in [4.78, 5) is 5.57. The number of halogens is 1. The standard InChI is InChI=1S/C14H18FN3S/c1-10(17-6-2-3-7-17)9-18-13-5-4-11(15)8-12(13)16-14(18)19/h4-5,8,10H,2-3,6-7,9H2,1H3,(H,16,19). The molecule has 0 amide bonds. The van der Waals surface area contributed by atoms with Crippen molar-refractivity contribution in [1.29, 1.82) is 0 Å². The second-order valence-corrected chi connectivity index (χ2v) is 5.68. The van der Waals surface area contributed by atoms with Crippen LogP contribution in [0.15, 0.2) is 18.2 Å². The Morgan fingerprint density at radius 2 is 2.11 bits per heavy atom. The minimum absolute atomic E-state index is 0.233. The summed E-state index contributed by atoms with van der Waals surface area (Å²) in [6.07, 6.45) is 2.57. The molecule has 1 aliphatic heterocycles. The van der Waals surface area contributed by atoms with Gasteiger partial charge in [-0.1, -0.05) is 0 Å². The maximum Gasteiger partial charge on any atom is 0.178 e. The van der Waals surface area contributed by atoms with Gasteiger partial charge in [-0.15, -0.1) is 0 Å². The smallest absolute Gasteiger partial charge is 0.178 e. The van der Waals surface area contributed by atoms with Gasteiger partial charge in [0.2, 0.25) is 0 Å². The fraction of sp³-hybridized carbons (Fsp3) is 0.500. The predicted octanol–water partition coefficient (Wildman–Crippen LogP) is 3.32. The zero-order valence-electron chi connectivity index (χ0n) is 11.0. The molecule has 0 spiro atoms. The SMILES string of the molecule is CC(Cn1c(=S)[nH]c2cc(F)ccc21)N1CCCC1. The van der Waals surface area contributed by atoms with E-state index in [9.17, 15) is 4.39 Å². The summed E-state index contributed by atoms with van der Waals surface area (Å²) in [5.74, 6) is -0.233. The molecular formula is C14H18FN3S. The number of imidazole rings is 1. The molecule has 19 heavy (non-hydrogen) atoms. The van der Waals surface area contributed by atoms with Gasteiger partial charge in [-0.05, 0) is 63.3 Å². The molecule has 1 fully saturated rings. The first-order valence-corrected chi connectivity index (χ1v) is 7.18. The highest BCUT2D eigenvalue weighted by Gasteiger charge is 2.19. The van der Waals surface area contributed by atoms with Crippen molar-refractivity contribution in [3.05, 3.63) is 28.8 Å². The van der Waals surface area contributed by atoms with Crippen LogP contribution >= 0.6 is 12.2 Å². The highest BCUT2D eigenvalue weighted by atomic mass is 32.1. The summed E-state index contributed by atoms with van der Waals surface area (Å²) in [5.41, 5.74) is 1.76. The number of nitrogens with zero attached hydrogens (tertiary/aromatic N) is 2. The van der Waals surface area contributed by atoms with E-state index in [4.69, 9.17) is 12.2 Å². The highest BCUT2D eigenvalue weighted by molar-refractivity contribution is 7.71. The Labute approximate surface area is 117 Å². The van der Waals surface area contributed by atoms with Gasteiger partial charge < -0.3 is 9.55 Å². The zero-order chi connectivity index (χ0) is 13.4. The lowest BCUT2D eigenvalue weighted by Gasteiger charge is -2.24. The quantitative estimate of drug-likeness (QED) is 0.871. The third kappa shape index (κ3) is 2.44. The largest absolute Gasteiger partial charge is 0.330 e. The van der Waals surface area contributed by atoms with Crippen LogP contribution in [-0.2, 0) is 6.54 Å². The summed E-state index contributed by atoms with van der Waals surface area (Å²) in [5, 5.41) is 0. The molecule has 0 bridgehead atoms. The van der Waals surface area contributed by atoms with Crippen molar-refractivity contribution in [2.75, 3.05) is 13.1 Å². The van der Waals surface area contributed by atoms with Gasteiger partial charge in [0.25, 0.3) is 0 Å². The first-order valence-electron chi connectivity index (χ1n) is 6.77. The van der Waals surface area contributed by atoms with E-state index in [0.29, 0.717) is 10.8 Å². The lowest BCUT2D eigenvalue weighted by atomic mass is 10.2. The lowest BCUT2D eigenvalue weighted by molar-refractivity contribution is 0.237. The number of H-pyrrole nitrogens is 1. The van der Waals surface area contributed by atoms with Gasteiger partial charge in [-0.2, -0.15) is 0 Å². The molecule has 1 unspecified atom stereocenters. The predicted molar refractivity (Wildman–Crippen MR) is 77.3 cm³/mol. The van der Waals surface area contributed by atoms with Gasteiger partial charge in [0.05, 0.1) is 11.0 Å².